The van der Waals surface area contributed by atoms with Crippen LogP contribution in [0.1, 0.15) is 11.6 Å². The molecule has 4 heterocycles. The van der Waals surface area contributed by atoms with Crippen LogP contribution in [0.3, 0.4) is 0 Å². The van der Waals surface area contributed by atoms with Crippen LogP contribution >= 0.6 is 22.9 Å². The molecule has 0 amide bonds. The van der Waals surface area contributed by atoms with Gasteiger partial charge in [-0.2, -0.15) is 10.1 Å². The van der Waals surface area contributed by atoms with Crippen molar-refractivity contribution in [2.45, 2.75) is 13.5 Å². The van der Waals surface area contributed by atoms with Crippen molar-refractivity contribution in [3.63, 3.8) is 0 Å². The molecule has 5 rings (SSSR count). The normalized spacial score (nSPS) is 11.1. The third-order valence-corrected chi connectivity index (χ3v) is 6.10. The van der Waals surface area contributed by atoms with Gasteiger partial charge in [-0.3, -0.25) is 9.78 Å². The van der Waals surface area contributed by atoms with Crippen molar-refractivity contribution < 1.29 is 4.52 Å². The van der Waals surface area contributed by atoms with E-state index in [1.54, 1.807) is 24.5 Å². The third-order valence-electron chi connectivity index (χ3n) is 4.64. The third kappa shape index (κ3) is 4.08. The van der Waals surface area contributed by atoms with Crippen molar-refractivity contribution in [2.75, 3.05) is 0 Å². The molecule has 8 nitrogen and oxygen atoms in total. The van der Waals surface area contributed by atoms with Gasteiger partial charge >= 0.3 is 0 Å². The summed E-state index contributed by atoms with van der Waals surface area (Å²) in [5, 5.41) is 9.95. The lowest BCUT2D eigenvalue weighted by Crippen LogP contribution is -2.23. The molecule has 4 aromatic heterocycles. The molecule has 0 radical (unpaired) electrons. The molecular formula is C22H15ClN6O2S. The van der Waals surface area contributed by atoms with Crippen LogP contribution in [0, 0.1) is 6.92 Å². The molecule has 1 aromatic carbocycles. The summed E-state index contributed by atoms with van der Waals surface area (Å²) in [5.41, 5.74) is 2.84. The maximum absolute atomic E-state index is 12.4. The molecule has 0 aliphatic rings. The zero-order valence-corrected chi connectivity index (χ0v) is 18.3. The van der Waals surface area contributed by atoms with Crippen molar-refractivity contribution in [3.8, 4) is 32.5 Å². The number of hydrogen-bond donors (Lipinski definition) is 0. The Kier molecular flexibility index (Phi) is 5.34. The van der Waals surface area contributed by atoms with Gasteiger partial charge in [0.25, 0.3) is 5.56 Å². The highest BCUT2D eigenvalue weighted by Gasteiger charge is 2.15. The van der Waals surface area contributed by atoms with Crippen LogP contribution in [0.4, 0.5) is 0 Å². The fourth-order valence-corrected chi connectivity index (χ4v) is 4.34. The Balaban J connectivity index is 1.45. The van der Waals surface area contributed by atoms with E-state index in [4.69, 9.17) is 16.1 Å². The summed E-state index contributed by atoms with van der Waals surface area (Å²) in [6, 6.07) is 14.3. The molecule has 0 fully saturated rings. The summed E-state index contributed by atoms with van der Waals surface area (Å²) in [6.07, 6.45) is 3.31. The predicted octanol–water partition coefficient (Wildman–Crippen LogP) is 4.49. The monoisotopic (exact) mass is 462 g/mol. The minimum atomic E-state index is -0.271. The van der Waals surface area contributed by atoms with Crippen LogP contribution in [0.25, 0.3) is 32.5 Å². The first-order chi connectivity index (χ1) is 15.6. The van der Waals surface area contributed by atoms with Crippen LogP contribution in [-0.4, -0.2) is 29.9 Å². The molecule has 0 spiro atoms. The maximum Gasteiger partial charge on any atom is 0.267 e. The number of nitrogens with zero attached hydrogens (tertiary/aromatic N) is 6. The SMILES string of the molecule is Cc1nc(-c2cccc(Cl)c2)sc1-c1ccc(=O)n(Cc2nc(-c3cccnc3)no2)n1. The topological polar surface area (TPSA) is 99.6 Å². The van der Waals surface area contributed by atoms with Gasteiger partial charge in [0, 0.05) is 34.6 Å². The number of rotatable bonds is 5. The van der Waals surface area contributed by atoms with E-state index >= 15 is 0 Å². The Bertz CT molecular complexity index is 1460. The molecule has 0 saturated carbocycles. The van der Waals surface area contributed by atoms with Gasteiger partial charge in [0.1, 0.15) is 17.2 Å². The molecule has 10 heteroatoms. The zero-order chi connectivity index (χ0) is 22.1. The van der Waals surface area contributed by atoms with Crippen LogP contribution < -0.4 is 5.56 Å². The van der Waals surface area contributed by atoms with E-state index in [1.165, 1.54) is 22.1 Å². The fourth-order valence-electron chi connectivity index (χ4n) is 3.12. The van der Waals surface area contributed by atoms with E-state index in [-0.39, 0.29) is 18.0 Å². The van der Waals surface area contributed by atoms with Crippen LogP contribution in [0.2, 0.25) is 5.02 Å². The Hall–Kier alpha value is -3.69. The minimum Gasteiger partial charge on any atom is -0.337 e. The molecule has 0 atom stereocenters. The first-order valence-electron chi connectivity index (χ1n) is 9.62. The largest absolute Gasteiger partial charge is 0.337 e. The number of hydrogen-bond acceptors (Lipinski definition) is 8. The highest BCUT2D eigenvalue weighted by molar-refractivity contribution is 7.18. The highest BCUT2D eigenvalue weighted by atomic mass is 35.5. The Morgan fingerprint density at radius 1 is 1.09 bits per heavy atom. The zero-order valence-electron chi connectivity index (χ0n) is 16.8. The van der Waals surface area contributed by atoms with Gasteiger partial charge in [0.05, 0.1) is 10.6 Å². The first-order valence-corrected chi connectivity index (χ1v) is 10.8. The minimum absolute atomic E-state index is 0.0545. The standard InChI is InChI=1S/C22H15ClN6O2S/c1-13-20(32-22(25-13)14-4-2-6-16(23)10-14)17-7-8-19(30)29(27-17)12-18-26-21(28-31-18)15-5-3-9-24-11-15/h2-11H,12H2,1H3. The first kappa shape index (κ1) is 20.2. The molecule has 0 saturated heterocycles. The smallest absolute Gasteiger partial charge is 0.267 e. The van der Waals surface area contributed by atoms with Crippen LogP contribution in [0.5, 0.6) is 0 Å². The molecular weight excluding hydrogens is 448 g/mol. The highest BCUT2D eigenvalue weighted by Crippen LogP contribution is 2.34. The number of thiazole rings is 1. The maximum atomic E-state index is 12.4. The summed E-state index contributed by atoms with van der Waals surface area (Å²) in [6.45, 7) is 1.97. The van der Waals surface area contributed by atoms with Crippen molar-refractivity contribution >= 4 is 22.9 Å². The van der Waals surface area contributed by atoms with Gasteiger partial charge in [-0.1, -0.05) is 28.9 Å². The second kappa shape index (κ2) is 8.45. The van der Waals surface area contributed by atoms with E-state index in [0.29, 0.717) is 16.5 Å². The van der Waals surface area contributed by atoms with E-state index in [9.17, 15) is 4.79 Å². The molecule has 0 unspecified atom stereocenters. The van der Waals surface area contributed by atoms with Gasteiger partial charge in [-0.05, 0) is 37.3 Å². The summed E-state index contributed by atoms with van der Waals surface area (Å²) in [7, 11) is 0. The van der Waals surface area contributed by atoms with E-state index in [1.807, 2.05) is 37.3 Å². The van der Waals surface area contributed by atoms with Crippen molar-refractivity contribution in [2.24, 2.45) is 0 Å². The second-order valence-corrected chi connectivity index (χ2v) is 8.35. The molecule has 5 aromatic rings. The quantitative estimate of drug-likeness (QED) is 0.379. The second-order valence-electron chi connectivity index (χ2n) is 6.91. The summed E-state index contributed by atoms with van der Waals surface area (Å²) < 4.78 is 6.61. The molecule has 0 aliphatic carbocycles. The summed E-state index contributed by atoms with van der Waals surface area (Å²) in [4.78, 5) is 26.3. The van der Waals surface area contributed by atoms with Crippen LogP contribution in [-0.2, 0) is 6.54 Å². The molecule has 0 aliphatic heterocycles. The van der Waals surface area contributed by atoms with Crippen molar-refractivity contribution in [1.29, 1.82) is 0 Å². The molecule has 158 valence electrons. The lowest BCUT2D eigenvalue weighted by atomic mass is 10.2. The molecule has 32 heavy (non-hydrogen) atoms. The van der Waals surface area contributed by atoms with Crippen molar-refractivity contribution in [1.82, 2.24) is 29.9 Å². The van der Waals surface area contributed by atoms with Gasteiger partial charge in [-0.25, -0.2) is 9.67 Å². The number of halogens is 1. The van der Waals surface area contributed by atoms with E-state index in [0.717, 1.165) is 26.7 Å². The average Bonchev–Trinajstić information content (AvgIpc) is 3.43. The average molecular weight is 463 g/mol. The van der Waals surface area contributed by atoms with Crippen LogP contribution in [0.15, 0.2) is 70.2 Å². The Morgan fingerprint density at radius 3 is 2.78 bits per heavy atom. The van der Waals surface area contributed by atoms with Gasteiger partial charge in [0.2, 0.25) is 11.7 Å². The number of benzene rings is 1. The Morgan fingerprint density at radius 2 is 1.97 bits per heavy atom. The van der Waals surface area contributed by atoms with Crippen molar-refractivity contribution in [3.05, 3.63) is 87.9 Å². The van der Waals surface area contributed by atoms with E-state index < -0.39 is 0 Å². The lowest BCUT2D eigenvalue weighted by molar-refractivity contribution is 0.363. The number of pyridine rings is 1. The van der Waals surface area contributed by atoms with Gasteiger partial charge in [0.15, 0.2) is 0 Å². The van der Waals surface area contributed by atoms with Gasteiger partial charge < -0.3 is 4.52 Å². The van der Waals surface area contributed by atoms with Gasteiger partial charge in [-0.15, -0.1) is 11.3 Å². The Labute approximate surface area is 191 Å². The molecule has 0 N–H and O–H groups in total. The fraction of sp³-hybridized carbons (Fsp3) is 0.0909. The van der Waals surface area contributed by atoms with E-state index in [2.05, 4.69) is 25.2 Å². The summed E-state index contributed by atoms with van der Waals surface area (Å²) in [5.74, 6) is 0.679. The predicted molar refractivity (Wildman–Crippen MR) is 121 cm³/mol. The number of aryl methyl sites for hydroxylation is 1. The number of aromatic nitrogens is 6. The lowest BCUT2D eigenvalue weighted by Gasteiger charge is -2.03. The summed E-state index contributed by atoms with van der Waals surface area (Å²) >= 11 is 7.61. The molecule has 0 bridgehead atoms.